The highest BCUT2D eigenvalue weighted by Crippen LogP contribution is 2.27. The largest absolute Gasteiger partial charge is 0.377 e. The van der Waals surface area contributed by atoms with Crippen LogP contribution >= 0.6 is 0 Å². The number of ether oxygens (including phenoxy) is 2. The molecule has 1 saturated carbocycles. The third kappa shape index (κ3) is 4.31. The molecule has 0 bridgehead atoms. The molecule has 4 heteroatoms. The fourth-order valence-electron chi connectivity index (χ4n) is 0.808. The Bertz CT molecular complexity index is 130. The minimum Gasteiger partial charge on any atom is -0.377 e. The van der Waals surface area contributed by atoms with Gasteiger partial charge < -0.3 is 15.2 Å². The van der Waals surface area contributed by atoms with Crippen molar-refractivity contribution in [1.82, 2.24) is 0 Å². The van der Waals surface area contributed by atoms with E-state index in [2.05, 4.69) is 0 Å². The van der Waals surface area contributed by atoms with Gasteiger partial charge in [0.1, 0.15) is 0 Å². The van der Waals surface area contributed by atoms with Crippen LogP contribution in [0.4, 0.5) is 0 Å². The molecule has 0 aromatic rings. The van der Waals surface area contributed by atoms with Crippen molar-refractivity contribution in [3.05, 3.63) is 0 Å². The molecule has 70 valence electrons. The quantitative estimate of drug-likeness (QED) is 0.603. The maximum atomic E-state index is 9.98. The van der Waals surface area contributed by atoms with Gasteiger partial charge in [-0.15, -0.1) is 0 Å². The Kier molecular flexibility index (Phi) is 4.04. The monoisotopic (exact) mass is 173 g/mol. The Balaban J connectivity index is 0.000000120. The van der Waals surface area contributed by atoms with Crippen molar-refractivity contribution in [1.29, 1.82) is 0 Å². The highest BCUT2D eigenvalue weighted by molar-refractivity contribution is 5.78. The van der Waals surface area contributed by atoms with Gasteiger partial charge in [0, 0.05) is 5.92 Å². The van der Waals surface area contributed by atoms with Crippen LogP contribution in [-0.4, -0.2) is 32.3 Å². The Labute approximate surface area is 72.0 Å². The number of hydrogen-bond donors (Lipinski definition) is 1. The van der Waals surface area contributed by atoms with Crippen molar-refractivity contribution in [3.63, 3.8) is 0 Å². The van der Waals surface area contributed by atoms with Gasteiger partial charge in [0.05, 0.1) is 26.4 Å². The summed E-state index contributed by atoms with van der Waals surface area (Å²) in [5.74, 6) is 0.111. The predicted octanol–water partition coefficient (Wildman–Crippen LogP) is -0.0851. The first kappa shape index (κ1) is 9.48. The van der Waals surface area contributed by atoms with E-state index in [1.54, 1.807) is 0 Å². The summed E-state index contributed by atoms with van der Waals surface area (Å²) in [5.41, 5.74) is 4.86. The Morgan fingerprint density at radius 1 is 1.08 bits per heavy atom. The zero-order valence-electron chi connectivity index (χ0n) is 7.12. The molecule has 0 atom stereocenters. The van der Waals surface area contributed by atoms with Crippen LogP contribution in [0.5, 0.6) is 0 Å². The van der Waals surface area contributed by atoms with Crippen molar-refractivity contribution in [2.45, 2.75) is 12.8 Å². The molecular formula is C8H15NO3. The molecule has 1 heterocycles. The molecule has 1 amide bonds. The summed E-state index contributed by atoms with van der Waals surface area (Å²) in [6.45, 7) is 3.11. The molecule has 0 radical (unpaired) electrons. The van der Waals surface area contributed by atoms with Crippen molar-refractivity contribution >= 4 is 5.91 Å². The van der Waals surface area contributed by atoms with Crippen LogP contribution < -0.4 is 5.73 Å². The number of nitrogens with two attached hydrogens (primary N) is 1. The molecule has 12 heavy (non-hydrogen) atoms. The first-order valence-electron chi connectivity index (χ1n) is 4.25. The van der Waals surface area contributed by atoms with Gasteiger partial charge in [0.2, 0.25) is 5.91 Å². The van der Waals surface area contributed by atoms with E-state index in [9.17, 15) is 4.79 Å². The van der Waals surface area contributed by atoms with Crippen LogP contribution in [0.1, 0.15) is 12.8 Å². The van der Waals surface area contributed by atoms with Gasteiger partial charge >= 0.3 is 0 Å². The van der Waals surface area contributed by atoms with Crippen molar-refractivity contribution < 1.29 is 14.3 Å². The minimum absolute atomic E-state index is 0.130. The number of rotatable bonds is 1. The third-order valence-corrected chi connectivity index (χ3v) is 1.72. The van der Waals surface area contributed by atoms with Gasteiger partial charge in [-0.05, 0) is 12.8 Å². The van der Waals surface area contributed by atoms with E-state index in [4.69, 9.17) is 15.2 Å². The smallest absolute Gasteiger partial charge is 0.220 e. The molecule has 2 rings (SSSR count). The SMILES string of the molecule is C1COCCO1.NC(=O)C1CC1. The van der Waals surface area contributed by atoms with Gasteiger partial charge in [-0.2, -0.15) is 0 Å². The Morgan fingerprint density at radius 2 is 1.50 bits per heavy atom. The van der Waals surface area contributed by atoms with E-state index in [0.29, 0.717) is 0 Å². The molecule has 1 aliphatic heterocycles. The van der Waals surface area contributed by atoms with Gasteiger partial charge in [-0.1, -0.05) is 0 Å². The third-order valence-electron chi connectivity index (χ3n) is 1.72. The van der Waals surface area contributed by atoms with Crippen LogP contribution in [0.3, 0.4) is 0 Å². The van der Waals surface area contributed by atoms with E-state index in [1.807, 2.05) is 0 Å². The number of hydrogen-bond acceptors (Lipinski definition) is 3. The van der Waals surface area contributed by atoms with Crippen molar-refractivity contribution in [3.8, 4) is 0 Å². The molecule has 0 aromatic carbocycles. The highest BCUT2D eigenvalue weighted by Gasteiger charge is 2.26. The van der Waals surface area contributed by atoms with Crippen molar-refractivity contribution in [2.75, 3.05) is 26.4 Å². The number of amides is 1. The van der Waals surface area contributed by atoms with E-state index in [0.717, 1.165) is 39.3 Å². The van der Waals surface area contributed by atoms with Gasteiger partial charge in [-0.25, -0.2) is 0 Å². The molecule has 2 N–H and O–H groups in total. The molecule has 1 aliphatic carbocycles. The van der Waals surface area contributed by atoms with Crippen LogP contribution in [0.2, 0.25) is 0 Å². The molecule has 1 saturated heterocycles. The summed E-state index contributed by atoms with van der Waals surface area (Å²) >= 11 is 0. The lowest BCUT2D eigenvalue weighted by molar-refractivity contribution is -0.119. The fourth-order valence-corrected chi connectivity index (χ4v) is 0.808. The molecule has 2 fully saturated rings. The fraction of sp³-hybridized carbons (Fsp3) is 0.875. The van der Waals surface area contributed by atoms with Gasteiger partial charge in [-0.3, -0.25) is 4.79 Å². The zero-order valence-corrected chi connectivity index (χ0v) is 7.12. The normalized spacial score (nSPS) is 22.3. The van der Waals surface area contributed by atoms with Crippen LogP contribution in [0.15, 0.2) is 0 Å². The van der Waals surface area contributed by atoms with Crippen LogP contribution in [0, 0.1) is 5.92 Å². The number of primary amides is 1. The maximum absolute atomic E-state index is 9.98. The molecule has 0 aromatic heterocycles. The Morgan fingerprint density at radius 3 is 1.58 bits per heavy atom. The van der Waals surface area contributed by atoms with Crippen LogP contribution in [0.25, 0.3) is 0 Å². The molecular weight excluding hydrogens is 158 g/mol. The second kappa shape index (κ2) is 5.11. The molecule has 4 nitrogen and oxygen atoms in total. The predicted molar refractivity (Wildman–Crippen MR) is 43.6 cm³/mol. The van der Waals surface area contributed by atoms with Gasteiger partial charge in [0.15, 0.2) is 0 Å². The second-order valence-corrected chi connectivity index (χ2v) is 2.90. The van der Waals surface area contributed by atoms with Crippen LogP contribution in [-0.2, 0) is 14.3 Å². The number of carbonyl (C=O) groups excluding carboxylic acids is 1. The summed E-state index contributed by atoms with van der Waals surface area (Å²) < 4.78 is 9.89. The molecule has 0 spiro atoms. The summed E-state index contributed by atoms with van der Waals surface area (Å²) in [5, 5.41) is 0. The lowest BCUT2D eigenvalue weighted by Gasteiger charge is -2.09. The first-order chi connectivity index (χ1) is 5.80. The topological polar surface area (TPSA) is 61.6 Å². The lowest BCUT2D eigenvalue weighted by atomic mass is 10.4. The summed E-state index contributed by atoms with van der Waals surface area (Å²) in [6.07, 6.45) is 2.05. The Hall–Kier alpha value is -0.610. The molecule has 2 aliphatic rings. The molecule has 0 unspecified atom stereocenters. The zero-order chi connectivity index (χ0) is 8.81. The summed E-state index contributed by atoms with van der Waals surface area (Å²) in [7, 11) is 0. The average Bonchev–Trinajstić information content (AvgIpc) is 2.90. The number of carbonyl (C=O) groups is 1. The lowest BCUT2D eigenvalue weighted by Crippen LogP contribution is -2.16. The van der Waals surface area contributed by atoms with E-state index in [-0.39, 0.29) is 11.8 Å². The highest BCUT2D eigenvalue weighted by atomic mass is 16.6. The summed E-state index contributed by atoms with van der Waals surface area (Å²) in [6, 6.07) is 0. The minimum atomic E-state index is -0.130. The first-order valence-corrected chi connectivity index (χ1v) is 4.25. The summed E-state index contributed by atoms with van der Waals surface area (Å²) in [4.78, 5) is 9.98. The van der Waals surface area contributed by atoms with E-state index >= 15 is 0 Å². The van der Waals surface area contributed by atoms with E-state index in [1.165, 1.54) is 0 Å². The second-order valence-electron chi connectivity index (χ2n) is 2.90. The average molecular weight is 173 g/mol. The van der Waals surface area contributed by atoms with Gasteiger partial charge in [0.25, 0.3) is 0 Å². The van der Waals surface area contributed by atoms with E-state index < -0.39 is 0 Å². The standard InChI is InChI=1S/C4H7NO.C4H8O2/c5-4(6)3-1-2-3;1-2-6-4-3-5-1/h3H,1-2H2,(H2,5,6);1-4H2. The van der Waals surface area contributed by atoms with Crippen molar-refractivity contribution in [2.24, 2.45) is 11.7 Å². The maximum Gasteiger partial charge on any atom is 0.220 e.